The Bertz CT molecular complexity index is 1430. The summed E-state index contributed by atoms with van der Waals surface area (Å²) in [6, 6.07) is 17.1. The number of nitrogens with one attached hydrogen (secondary N) is 2. The Morgan fingerprint density at radius 1 is 1.06 bits per heavy atom. The number of anilines is 2. The third-order valence-electron chi connectivity index (χ3n) is 5.05. The van der Waals surface area contributed by atoms with Crippen molar-refractivity contribution in [1.82, 2.24) is 24.1 Å². The van der Waals surface area contributed by atoms with Crippen molar-refractivity contribution < 1.29 is 4.74 Å². The minimum atomic E-state index is -0.222. The molecule has 2 aromatic carbocycles. The van der Waals surface area contributed by atoms with E-state index >= 15 is 0 Å². The highest BCUT2D eigenvalue weighted by Crippen LogP contribution is 2.30. The van der Waals surface area contributed by atoms with Crippen molar-refractivity contribution in [1.29, 1.82) is 0 Å². The van der Waals surface area contributed by atoms with E-state index in [0.717, 1.165) is 28.3 Å². The molecule has 0 saturated heterocycles. The molecule has 0 saturated carbocycles. The number of fused-ring (bicyclic) bond motifs is 1. The molecule has 0 spiro atoms. The lowest BCUT2D eigenvalue weighted by atomic mass is 10.2. The summed E-state index contributed by atoms with van der Waals surface area (Å²) in [5.41, 5.74) is 4.52. The van der Waals surface area contributed by atoms with Gasteiger partial charge in [0, 0.05) is 24.1 Å². The smallest absolute Gasteiger partial charge is 0.331 e. The standard InChI is InChI=1S/C23H20N6O2/c1-15-13-28(14-25-15)18-9-8-16(12-20(18)31-2)26-22-21-19(10-11-24-22)29(23(30)27-21)17-6-4-3-5-7-17/h3-14H,1-2H3,(H,24,26)(H,27,30). The number of methoxy groups -OCH3 is 1. The molecule has 0 bridgehead atoms. The van der Waals surface area contributed by atoms with Crippen LogP contribution in [0.3, 0.4) is 0 Å². The summed E-state index contributed by atoms with van der Waals surface area (Å²) in [5.74, 6) is 1.24. The van der Waals surface area contributed by atoms with Crippen LogP contribution in [0.1, 0.15) is 5.69 Å². The van der Waals surface area contributed by atoms with E-state index in [4.69, 9.17) is 4.74 Å². The van der Waals surface area contributed by atoms with Gasteiger partial charge < -0.3 is 19.6 Å². The normalized spacial score (nSPS) is 11.0. The quantitative estimate of drug-likeness (QED) is 0.456. The molecule has 0 fully saturated rings. The predicted octanol–water partition coefficient (Wildman–Crippen LogP) is 3.96. The monoisotopic (exact) mass is 412 g/mol. The van der Waals surface area contributed by atoms with Crippen molar-refractivity contribution in [3.63, 3.8) is 0 Å². The van der Waals surface area contributed by atoms with E-state index in [1.807, 2.05) is 72.3 Å². The Hall–Kier alpha value is -4.33. The summed E-state index contributed by atoms with van der Waals surface area (Å²) >= 11 is 0. The number of rotatable bonds is 5. The van der Waals surface area contributed by atoms with Crippen LogP contribution in [0.15, 0.2) is 78.1 Å². The number of H-pyrrole nitrogens is 1. The first-order valence-corrected chi connectivity index (χ1v) is 9.75. The number of hydrogen-bond acceptors (Lipinski definition) is 5. The van der Waals surface area contributed by atoms with Crippen LogP contribution in [0.2, 0.25) is 0 Å². The zero-order chi connectivity index (χ0) is 21.4. The van der Waals surface area contributed by atoms with Crippen LogP contribution >= 0.6 is 0 Å². The van der Waals surface area contributed by atoms with Crippen LogP contribution in [0.25, 0.3) is 22.4 Å². The molecule has 0 amide bonds. The summed E-state index contributed by atoms with van der Waals surface area (Å²) in [6.45, 7) is 1.94. The maximum absolute atomic E-state index is 12.7. The van der Waals surface area contributed by atoms with E-state index in [9.17, 15) is 4.79 Å². The number of aromatic nitrogens is 5. The van der Waals surface area contributed by atoms with Crippen LogP contribution < -0.4 is 15.7 Å². The highest BCUT2D eigenvalue weighted by Gasteiger charge is 2.14. The summed E-state index contributed by atoms with van der Waals surface area (Å²) in [5, 5.41) is 3.30. The molecule has 154 valence electrons. The molecule has 5 rings (SSSR count). The molecule has 5 aromatic rings. The van der Waals surface area contributed by atoms with Crippen molar-refractivity contribution in [2.24, 2.45) is 0 Å². The SMILES string of the molecule is COc1cc(Nc2nccc3c2[nH]c(=O)n3-c2ccccc2)ccc1-n1cnc(C)c1. The molecule has 0 radical (unpaired) electrons. The van der Waals surface area contributed by atoms with Crippen molar-refractivity contribution in [2.75, 3.05) is 12.4 Å². The molecule has 0 unspecified atom stereocenters. The first-order chi connectivity index (χ1) is 15.1. The molecule has 8 heteroatoms. The van der Waals surface area contributed by atoms with Crippen molar-refractivity contribution in [3.05, 3.63) is 89.5 Å². The number of aromatic amines is 1. The predicted molar refractivity (Wildman–Crippen MR) is 120 cm³/mol. The van der Waals surface area contributed by atoms with Gasteiger partial charge in [0.15, 0.2) is 5.82 Å². The first kappa shape index (κ1) is 18.7. The summed E-state index contributed by atoms with van der Waals surface area (Å²) in [6.07, 6.45) is 5.36. The van der Waals surface area contributed by atoms with E-state index in [0.29, 0.717) is 17.1 Å². The van der Waals surface area contributed by atoms with Crippen molar-refractivity contribution >= 4 is 22.5 Å². The molecule has 0 aliphatic rings. The maximum Gasteiger partial charge on any atom is 0.331 e. The molecule has 31 heavy (non-hydrogen) atoms. The van der Waals surface area contributed by atoms with Crippen LogP contribution in [-0.2, 0) is 0 Å². The van der Waals surface area contributed by atoms with Crippen molar-refractivity contribution in [2.45, 2.75) is 6.92 Å². The van der Waals surface area contributed by atoms with Crippen LogP contribution in [0.5, 0.6) is 5.75 Å². The Kier molecular flexibility index (Phi) is 4.51. The Balaban J connectivity index is 1.55. The number of ether oxygens (including phenoxy) is 1. The van der Waals surface area contributed by atoms with Gasteiger partial charge in [0.1, 0.15) is 11.3 Å². The highest BCUT2D eigenvalue weighted by molar-refractivity contribution is 5.89. The van der Waals surface area contributed by atoms with Gasteiger partial charge in [-0.15, -0.1) is 0 Å². The minimum Gasteiger partial charge on any atom is -0.494 e. The number of benzene rings is 2. The van der Waals surface area contributed by atoms with Crippen molar-refractivity contribution in [3.8, 4) is 17.1 Å². The average molecular weight is 412 g/mol. The third-order valence-corrected chi connectivity index (χ3v) is 5.05. The van der Waals surface area contributed by atoms with Gasteiger partial charge in [0.05, 0.1) is 36.0 Å². The zero-order valence-electron chi connectivity index (χ0n) is 17.0. The van der Waals surface area contributed by atoms with Gasteiger partial charge in [0.25, 0.3) is 0 Å². The fraction of sp³-hybridized carbons (Fsp3) is 0.0870. The zero-order valence-corrected chi connectivity index (χ0v) is 17.0. The van der Waals surface area contributed by atoms with E-state index in [2.05, 4.69) is 20.3 Å². The lowest BCUT2D eigenvalue weighted by Gasteiger charge is -2.13. The summed E-state index contributed by atoms with van der Waals surface area (Å²) in [4.78, 5) is 24.3. The molecular formula is C23H20N6O2. The second-order valence-corrected chi connectivity index (χ2v) is 7.09. The second-order valence-electron chi connectivity index (χ2n) is 7.09. The van der Waals surface area contributed by atoms with E-state index in [-0.39, 0.29) is 5.69 Å². The summed E-state index contributed by atoms with van der Waals surface area (Å²) in [7, 11) is 1.63. The fourth-order valence-corrected chi connectivity index (χ4v) is 3.62. The molecule has 8 nitrogen and oxygen atoms in total. The van der Waals surface area contributed by atoms with E-state index in [1.54, 1.807) is 24.2 Å². The number of para-hydroxylation sites is 1. The average Bonchev–Trinajstić information content (AvgIpc) is 3.37. The number of hydrogen-bond donors (Lipinski definition) is 2. The number of nitrogens with zero attached hydrogens (tertiary/aromatic N) is 4. The lowest BCUT2D eigenvalue weighted by molar-refractivity contribution is 0.413. The molecule has 3 heterocycles. The maximum atomic E-state index is 12.7. The van der Waals surface area contributed by atoms with E-state index in [1.165, 1.54) is 0 Å². The molecule has 0 aliphatic carbocycles. The first-order valence-electron chi connectivity index (χ1n) is 9.75. The van der Waals surface area contributed by atoms with E-state index < -0.39 is 0 Å². The number of aryl methyl sites for hydroxylation is 1. The minimum absolute atomic E-state index is 0.222. The van der Waals surface area contributed by atoms with Gasteiger partial charge in [-0.2, -0.15) is 0 Å². The Labute approximate surface area is 177 Å². The largest absolute Gasteiger partial charge is 0.494 e. The second kappa shape index (κ2) is 7.49. The van der Waals surface area contributed by atoms with Gasteiger partial charge in [0.2, 0.25) is 0 Å². The number of imidazole rings is 2. The lowest BCUT2D eigenvalue weighted by Crippen LogP contribution is -2.14. The molecular weight excluding hydrogens is 392 g/mol. The van der Waals surface area contributed by atoms with Gasteiger partial charge in [-0.1, -0.05) is 18.2 Å². The van der Waals surface area contributed by atoms with Crippen LogP contribution in [0, 0.1) is 6.92 Å². The van der Waals surface area contributed by atoms with Gasteiger partial charge in [-0.05, 0) is 37.3 Å². The topological polar surface area (TPSA) is 89.8 Å². The Morgan fingerprint density at radius 3 is 2.65 bits per heavy atom. The van der Waals surface area contributed by atoms with Gasteiger partial charge in [-0.3, -0.25) is 4.57 Å². The van der Waals surface area contributed by atoms with Gasteiger partial charge in [-0.25, -0.2) is 14.8 Å². The van der Waals surface area contributed by atoms with Crippen LogP contribution in [0.4, 0.5) is 11.5 Å². The fourth-order valence-electron chi connectivity index (χ4n) is 3.62. The Morgan fingerprint density at radius 2 is 1.90 bits per heavy atom. The molecule has 0 atom stereocenters. The molecule has 0 aliphatic heterocycles. The summed E-state index contributed by atoms with van der Waals surface area (Å²) < 4.78 is 9.13. The van der Waals surface area contributed by atoms with Gasteiger partial charge >= 0.3 is 5.69 Å². The highest BCUT2D eigenvalue weighted by atomic mass is 16.5. The molecule has 3 aromatic heterocycles. The molecule has 2 N–H and O–H groups in total. The number of pyridine rings is 1. The van der Waals surface area contributed by atoms with Crippen LogP contribution in [-0.4, -0.2) is 31.2 Å². The third kappa shape index (κ3) is 3.33.